The van der Waals surface area contributed by atoms with Crippen LogP contribution < -0.4 is 9.62 Å². The molecule has 43 heavy (non-hydrogen) atoms. The molecule has 1 N–H and O–H groups in total. The van der Waals surface area contributed by atoms with Crippen molar-refractivity contribution < 1.29 is 36.3 Å². The van der Waals surface area contributed by atoms with Crippen LogP contribution in [0.1, 0.15) is 50.0 Å². The molecule has 0 saturated carbocycles. The normalized spacial score (nSPS) is 13.5. The summed E-state index contributed by atoms with van der Waals surface area (Å²) in [5, 5.41) is 2.72. The number of carbonyl (C=O) groups is 2. The summed E-state index contributed by atoms with van der Waals surface area (Å²) in [6.07, 6.45) is -4.51. The van der Waals surface area contributed by atoms with Gasteiger partial charge in [0, 0.05) is 22.6 Å². The largest absolute Gasteiger partial charge is 0.755 e. The maximum atomic E-state index is 13.0. The fourth-order valence-electron chi connectivity index (χ4n) is 4.27. The lowest BCUT2D eigenvalue weighted by Crippen LogP contribution is -2.48. The molecule has 1 aromatic heterocycles. The van der Waals surface area contributed by atoms with Crippen molar-refractivity contribution in [3.8, 4) is 11.1 Å². The number of alkyl halides is 3. The summed E-state index contributed by atoms with van der Waals surface area (Å²) < 4.78 is 70.4. The monoisotopic (exact) mass is 632 g/mol. The van der Waals surface area contributed by atoms with Crippen LogP contribution in [0.5, 0.6) is 0 Å². The van der Waals surface area contributed by atoms with Gasteiger partial charge in [0.15, 0.2) is 5.01 Å². The zero-order valence-corrected chi connectivity index (χ0v) is 25.5. The molecule has 0 fully saturated rings. The minimum absolute atomic E-state index is 0.0281. The number of hydrogen-bond donors (Lipinski definition) is 1. The molecule has 0 aliphatic heterocycles. The van der Waals surface area contributed by atoms with Gasteiger partial charge in [0.1, 0.15) is 11.6 Å². The summed E-state index contributed by atoms with van der Waals surface area (Å²) in [6, 6.07) is 15.5. The van der Waals surface area contributed by atoms with E-state index >= 15 is 0 Å². The summed E-state index contributed by atoms with van der Waals surface area (Å²) in [5.41, 5.74) is 0.737. The number of rotatable bonds is 8. The van der Waals surface area contributed by atoms with Crippen molar-refractivity contribution in [1.29, 1.82) is 0 Å². The van der Waals surface area contributed by atoms with Crippen LogP contribution in [0.15, 0.2) is 66.7 Å². The molecule has 228 valence electrons. The molecular weight excluding hydrogens is 603 g/mol. The molecule has 13 heteroatoms. The van der Waals surface area contributed by atoms with Gasteiger partial charge in [-0.25, -0.2) is 9.78 Å². The predicted octanol–water partition coefficient (Wildman–Crippen LogP) is 7.20. The van der Waals surface area contributed by atoms with Crippen LogP contribution in [0, 0.1) is 5.92 Å². The Kier molecular flexibility index (Phi) is 9.28. The number of fused-ring (bicyclic) bond motifs is 1. The summed E-state index contributed by atoms with van der Waals surface area (Å²) in [4.78, 5) is 29.7. The smallest absolute Gasteiger partial charge is 0.416 e. The molecule has 0 aliphatic rings. The molecule has 4 rings (SSSR count). The average Bonchev–Trinajstić information content (AvgIpc) is 3.34. The highest BCUT2D eigenvalue weighted by Crippen LogP contribution is 2.33. The van der Waals surface area contributed by atoms with Gasteiger partial charge in [0.2, 0.25) is 0 Å². The van der Waals surface area contributed by atoms with Crippen molar-refractivity contribution in [2.24, 2.45) is 5.92 Å². The quantitative estimate of drug-likeness (QED) is 0.162. The van der Waals surface area contributed by atoms with Gasteiger partial charge >= 0.3 is 12.1 Å². The second kappa shape index (κ2) is 12.4. The van der Waals surface area contributed by atoms with Crippen LogP contribution in [0.2, 0.25) is 0 Å². The Morgan fingerprint density at radius 1 is 0.977 bits per heavy atom. The Labute approximate surface area is 253 Å². The number of hydrogen-bond acceptors (Lipinski definition) is 7. The zero-order valence-electron chi connectivity index (χ0n) is 23.9. The van der Waals surface area contributed by atoms with E-state index in [0.29, 0.717) is 16.1 Å². The van der Waals surface area contributed by atoms with Crippen molar-refractivity contribution in [3.05, 3.63) is 77.3 Å². The second-order valence-electron chi connectivity index (χ2n) is 11.0. The zero-order chi connectivity index (χ0) is 31.7. The van der Waals surface area contributed by atoms with Crippen molar-refractivity contribution >= 4 is 56.1 Å². The topological polar surface area (TPSA) is 112 Å². The minimum atomic E-state index is -4.51. The minimum Gasteiger partial charge on any atom is -0.755 e. The Balaban J connectivity index is 1.49. The number of esters is 1. The number of nitrogens with zero attached hydrogens (tertiary/aromatic N) is 2. The van der Waals surface area contributed by atoms with E-state index in [4.69, 9.17) is 4.74 Å². The lowest BCUT2D eigenvalue weighted by Gasteiger charge is -2.36. The first kappa shape index (κ1) is 32.1. The number of halogens is 3. The van der Waals surface area contributed by atoms with Gasteiger partial charge in [-0.1, -0.05) is 38.1 Å². The highest BCUT2D eigenvalue weighted by molar-refractivity contribution is 7.80. The van der Waals surface area contributed by atoms with Gasteiger partial charge in [-0.3, -0.25) is 13.3 Å². The number of aromatic nitrogens is 1. The van der Waals surface area contributed by atoms with Gasteiger partial charge in [-0.15, -0.1) is 11.3 Å². The van der Waals surface area contributed by atoms with E-state index in [1.165, 1.54) is 6.07 Å². The number of anilines is 2. The lowest BCUT2D eigenvalue weighted by atomic mass is 10.0. The van der Waals surface area contributed by atoms with Crippen molar-refractivity contribution in [2.45, 2.75) is 52.4 Å². The fraction of sp³-hybridized carbons (Fsp3) is 0.300. The molecule has 2 atom stereocenters. The van der Waals surface area contributed by atoms with Crippen LogP contribution in [-0.4, -0.2) is 37.3 Å². The number of nitrogens with one attached hydrogen (secondary N) is 1. The maximum Gasteiger partial charge on any atom is 0.416 e. The Hall–Kier alpha value is -3.81. The van der Waals surface area contributed by atoms with Gasteiger partial charge in [-0.05, 0) is 80.3 Å². The lowest BCUT2D eigenvalue weighted by molar-refractivity contribution is -0.157. The molecule has 0 spiro atoms. The summed E-state index contributed by atoms with van der Waals surface area (Å²) in [7, 11) is 0. The van der Waals surface area contributed by atoms with Gasteiger partial charge in [0.25, 0.3) is 5.91 Å². The molecule has 0 saturated heterocycles. The molecule has 3 aromatic carbocycles. The average molecular weight is 633 g/mol. The number of thiazole rings is 1. The van der Waals surface area contributed by atoms with E-state index in [-0.39, 0.29) is 16.4 Å². The van der Waals surface area contributed by atoms with E-state index < -0.39 is 46.5 Å². The number of amides is 1. The Morgan fingerprint density at radius 2 is 1.56 bits per heavy atom. The number of carbonyl (C=O) groups excluding carboxylic acids is 2. The standard InChI is InChI=1S/C30H30F3N3O5S2/c1-17(2)25(28(38)41-29(3,4)5)36(43(39)40)22-13-8-19(9-14-22)18-6-11-21(12-7-18)34-26(37)27-35-23-16-20(30(31,32)33)10-15-24(23)42-27/h6-17,25H,1-5H3,(H,34,37)(H,39,40)/p-1. The van der Waals surface area contributed by atoms with E-state index in [9.17, 15) is 31.5 Å². The van der Waals surface area contributed by atoms with Crippen molar-refractivity contribution in [2.75, 3.05) is 9.62 Å². The highest BCUT2D eigenvalue weighted by Gasteiger charge is 2.34. The molecule has 0 aliphatic carbocycles. The van der Waals surface area contributed by atoms with Crippen LogP contribution >= 0.6 is 11.3 Å². The third kappa shape index (κ3) is 7.78. The van der Waals surface area contributed by atoms with Gasteiger partial charge in [-0.2, -0.15) is 13.2 Å². The fourth-order valence-corrected chi connectivity index (χ4v) is 5.92. The third-order valence-electron chi connectivity index (χ3n) is 6.20. The van der Waals surface area contributed by atoms with Crippen LogP contribution in [-0.2, 0) is 27.0 Å². The van der Waals surface area contributed by atoms with Crippen molar-refractivity contribution in [3.63, 3.8) is 0 Å². The predicted molar refractivity (Wildman–Crippen MR) is 160 cm³/mol. The third-order valence-corrected chi connectivity index (χ3v) is 7.99. The van der Waals surface area contributed by atoms with Crippen molar-refractivity contribution in [1.82, 2.24) is 4.98 Å². The number of ether oxygens (including phenoxy) is 1. The molecule has 8 nitrogen and oxygen atoms in total. The summed E-state index contributed by atoms with van der Waals surface area (Å²) in [6.45, 7) is 8.61. The first-order chi connectivity index (χ1) is 20.0. The van der Waals surface area contributed by atoms with Crippen LogP contribution in [0.25, 0.3) is 21.3 Å². The number of benzene rings is 3. The second-order valence-corrected chi connectivity index (χ2v) is 12.9. The van der Waals surface area contributed by atoms with Crippen LogP contribution in [0.4, 0.5) is 24.5 Å². The van der Waals surface area contributed by atoms with Crippen LogP contribution in [0.3, 0.4) is 0 Å². The summed E-state index contributed by atoms with van der Waals surface area (Å²) in [5.74, 6) is -1.57. The molecular formula is C30H29F3N3O5S2-. The Bertz CT molecular complexity index is 1650. The molecule has 2 unspecified atom stereocenters. The van der Waals surface area contributed by atoms with E-state index in [1.54, 1.807) is 83.1 Å². The van der Waals surface area contributed by atoms with E-state index in [0.717, 1.165) is 38.9 Å². The Morgan fingerprint density at radius 3 is 2.07 bits per heavy atom. The molecule has 0 radical (unpaired) electrons. The maximum absolute atomic E-state index is 13.0. The SMILES string of the molecule is CC(C)C(C(=O)OC(C)(C)C)N(c1ccc(-c2ccc(NC(=O)c3nc4cc(C(F)(F)F)ccc4s3)cc2)cc1)S(=O)[O-]. The van der Waals surface area contributed by atoms with E-state index in [1.807, 2.05) is 0 Å². The molecule has 1 amide bonds. The highest BCUT2D eigenvalue weighted by atomic mass is 32.2. The molecule has 4 aromatic rings. The first-order valence-corrected chi connectivity index (χ1v) is 15.0. The first-order valence-electron chi connectivity index (χ1n) is 13.1. The van der Waals surface area contributed by atoms with Gasteiger partial charge < -0.3 is 14.6 Å². The molecule has 0 bridgehead atoms. The summed E-state index contributed by atoms with van der Waals surface area (Å²) >= 11 is -1.76. The van der Waals surface area contributed by atoms with E-state index in [2.05, 4.69) is 10.3 Å². The van der Waals surface area contributed by atoms with Gasteiger partial charge in [0.05, 0.1) is 15.8 Å². The molecule has 1 heterocycles.